The second-order valence-corrected chi connectivity index (χ2v) is 12.5. The second-order valence-electron chi connectivity index (χ2n) is 9.36. The SMILES string of the molecule is C[C@@H]1CN(c2c(CO)cc3c(C(=O)N(Cc4ccncc4)[CH2][Al]([CH3])[CH3])noc3c2F)C[C@H](C)O1. The first-order chi connectivity index (χ1) is 16.3. The summed E-state index contributed by atoms with van der Waals surface area (Å²) in [7, 11) is 0. The van der Waals surface area contributed by atoms with Crippen LogP contribution in [0.25, 0.3) is 11.0 Å². The number of hydrogen-bond acceptors (Lipinski definition) is 7. The van der Waals surface area contributed by atoms with Gasteiger partial charge in [-0.25, -0.2) is 4.39 Å². The molecule has 0 bridgehead atoms. The molecule has 3 heterocycles. The molecular weight excluding hydrogens is 454 g/mol. The molecule has 8 nitrogen and oxygen atoms in total. The molecule has 1 N–H and O–H groups in total. The molecule has 0 spiro atoms. The molecule has 1 aliphatic rings. The Labute approximate surface area is 202 Å². The summed E-state index contributed by atoms with van der Waals surface area (Å²) < 4.78 is 26.9. The summed E-state index contributed by atoms with van der Waals surface area (Å²) in [6, 6.07) is 5.35. The highest BCUT2D eigenvalue weighted by atomic mass is 27.2. The number of anilines is 1. The highest BCUT2D eigenvalue weighted by molar-refractivity contribution is 6.56. The maximum Gasteiger partial charge on any atom is 0.284 e. The monoisotopic (exact) mass is 484 g/mol. The lowest BCUT2D eigenvalue weighted by Gasteiger charge is -2.37. The number of benzene rings is 1. The van der Waals surface area contributed by atoms with E-state index in [0.29, 0.717) is 30.6 Å². The zero-order valence-corrected chi connectivity index (χ0v) is 21.1. The van der Waals surface area contributed by atoms with Crippen molar-refractivity contribution in [1.82, 2.24) is 15.0 Å². The maximum atomic E-state index is 15.7. The van der Waals surface area contributed by atoms with E-state index in [2.05, 4.69) is 21.7 Å². The Hall–Kier alpha value is -2.51. The summed E-state index contributed by atoms with van der Waals surface area (Å²) >= 11 is -1.16. The van der Waals surface area contributed by atoms with Gasteiger partial charge in [-0.2, -0.15) is 0 Å². The molecule has 1 aromatic carbocycles. The highest BCUT2D eigenvalue weighted by Gasteiger charge is 2.31. The van der Waals surface area contributed by atoms with E-state index in [-0.39, 0.29) is 47.1 Å². The van der Waals surface area contributed by atoms with Gasteiger partial charge in [0.15, 0.2) is 11.5 Å². The predicted molar refractivity (Wildman–Crippen MR) is 129 cm³/mol. The van der Waals surface area contributed by atoms with Crippen LogP contribution >= 0.6 is 0 Å². The number of rotatable bonds is 7. The molecule has 2 atom stereocenters. The number of fused-ring (bicyclic) bond motifs is 1. The van der Waals surface area contributed by atoms with Gasteiger partial charge in [-0.1, -0.05) is 5.16 Å². The minimum atomic E-state index is -1.16. The van der Waals surface area contributed by atoms with Crippen LogP contribution in [0.3, 0.4) is 0 Å². The van der Waals surface area contributed by atoms with Crippen LogP contribution in [0.1, 0.15) is 35.5 Å². The van der Waals surface area contributed by atoms with Crippen molar-refractivity contribution in [3.8, 4) is 0 Å². The summed E-state index contributed by atoms with van der Waals surface area (Å²) in [6.45, 7) is 4.85. The molecule has 1 fully saturated rings. The van der Waals surface area contributed by atoms with Gasteiger partial charge in [-0.15, -0.1) is 11.6 Å². The number of morpholine rings is 1. The van der Waals surface area contributed by atoms with Gasteiger partial charge in [0.25, 0.3) is 20.1 Å². The zero-order valence-electron chi connectivity index (χ0n) is 20.0. The summed E-state index contributed by atoms with van der Waals surface area (Å²) in [4.78, 5) is 21.2. The van der Waals surface area contributed by atoms with E-state index in [1.807, 2.05) is 30.9 Å². The number of aliphatic hydroxyl groups is 1. The summed E-state index contributed by atoms with van der Waals surface area (Å²) in [5, 5.41) is 15.0. The predicted octanol–water partition coefficient (Wildman–Crippen LogP) is 3.40. The number of ether oxygens (including phenoxy) is 1. The number of aromatic nitrogens is 2. The molecular formula is C24H30AlFN4O4. The van der Waals surface area contributed by atoms with Crippen molar-refractivity contribution >= 4 is 36.7 Å². The minimum Gasteiger partial charge on any atom is -0.392 e. The fourth-order valence-corrected chi connectivity index (χ4v) is 5.75. The van der Waals surface area contributed by atoms with E-state index >= 15 is 4.39 Å². The number of amides is 1. The molecule has 180 valence electrons. The van der Waals surface area contributed by atoms with Gasteiger partial charge in [-0.05, 0) is 43.0 Å². The van der Waals surface area contributed by atoms with Crippen LogP contribution in [0.2, 0.25) is 11.6 Å². The van der Waals surface area contributed by atoms with Crippen LogP contribution in [-0.4, -0.2) is 70.9 Å². The third-order valence-electron chi connectivity index (χ3n) is 5.86. The first-order valence-corrected chi connectivity index (χ1v) is 14.7. The normalized spacial score (nSPS) is 18.4. The lowest BCUT2D eigenvalue weighted by molar-refractivity contribution is -0.00550. The van der Waals surface area contributed by atoms with Gasteiger partial charge >= 0.3 is 0 Å². The molecule has 0 radical (unpaired) electrons. The number of nitrogens with zero attached hydrogens (tertiary/aromatic N) is 4. The second kappa shape index (κ2) is 10.4. The molecule has 3 aromatic rings. The standard InChI is InChI=1S/C22H24FN4O4.2CH3.Al/c1-13-9-27(10-14(2)30-13)20-16(12-28)8-17-19(25-31-21(17)18(20)23)22(29)26(3)11-15-4-6-24-7-5-15;;;/h4-8,13-14,28H,3,9-12H2,1-2H3;2*1H3;/t13-,14+;;;. The Kier molecular flexibility index (Phi) is 7.53. The van der Waals surface area contributed by atoms with E-state index < -0.39 is 20.0 Å². The number of halogens is 1. The van der Waals surface area contributed by atoms with Gasteiger partial charge in [0.05, 0.1) is 29.9 Å². The van der Waals surface area contributed by atoms with Crippen molar-refractivity contribution in [3.05, 3.63) is 53.2 Å². The molecule has 0 saturated carbocycles. The maximum absolute atomic E-state index is 15.7. The fraction of sp³-hybridized carbons (Fsp3) is 0.458. The number of pyridine rings is 1. The van der Waals surface area contributed by atoms with Crippen molar-refractivity contribution in [3.63, 3.8) is 0 Å². The Bertz CT molecular complexity index is 1150. The Balaban J connectivity index is 1.73. The van der Waals surface area contributed by atoms with E-state index in [0.717, 1.165) is 5.56 Å². The van der Waals surface area contributed by atoms with Crippen LogP contribution < -0.4 is 4.90 Å². The molecule has 1 aliphatic heterocycles. The average molecular weight is 485 g/mol. The lowest BCUT2D eigenvalue weighted by Crippen LogP contribution is -2.46. The van der Waals surface area contributed by atoms with Crippen LogP contribution in [0, 0.1) is 5.82 Å². The van der Waals surface area contributed by atoms with Gasteiger partial charge in [0.2, 0.25) is 5.58 Å². The minimum absolute atomic E-state index is 0.0579. The molecule has 10 heteroatoms. The summed E-state index contributed by atoms with van der Waals surface area (Å²) in [5.41, 5.74) is 1.60. The van der Waals surface area contributed by atoms with E-state index in [1.165, 1.54) is 0 Å². The fourth-order valence-electron chi connectivity index (χ4n) is 4.58. The van der Waals surface area contributed by atoms with Crippen molar-refractivity contribution in [2.75, 3.05) is 23.4 Å². The molecule has 34 heavy (non-hydrogen) atoms. The Morgan fingerprint density at radius 1 is 1.26 bits per heavy atom. The van der Waals surface area contributed by atoms with E-state index in [4.69, 9.17) is 9.26 Å². The average Bonchev–Trinajstić information content (AvgIpc) is 3.22. The zero-order chi connectivity index (χ0) is 24.4. The van der Waals surface area contributed by atoms with Crippen molar-refractivity contribution < 1.29 is 23.6 Å². The van der Waals surface area contributed by atoms with E-state index in [1.54, 1.807) is 23.4 Å². The van der Waals surface area contributed by atoms with Gasteiger partial charge < -0.3 is 24.2 Å². The molecule has 1 amide bonds. The lowest BCUT2D eigenvalue weighted by atomic mass is 10.0. The number of carbonyl (C=O) groups is 1. The molecule has 0 unspecified atom stereocenters. The van der Waals surface area contributed by atoms with Crippen LogP contribution in [-0.2, 0) is 17.9 Å². The number of carbonyl (C=O) groups excluding carboxylic acids is 1. The van der Waals surface area contributed by atoms with Gasteiger partial charge in [-0.3, -0.25) is 9.78 Å². The third-order valence-corrected chi connectivity index (χ3v) is 7.03. The van der Waals surface area contributed by atoms with Crippen LogP contribution in [0.5, 0.6) is 0 Å². The Morgan fingerprint density at radius 3 is 2.56 bits per heavy atom. The summed E-state index contributed by atoms with van der Waals surface area (Å²) in [5.74, 6) is 3.39. The van der Waals surface area contributed by atoms with Gasteiger partial charge in [0.1, 0.15) is 0 Å². The molecule has 0 aliphatic carbocycles. The van der Waals surface area contributed by atoms with E-state index in [9.17, 15) is 9.90 Å². The number of aliphatic hydroxyl groups excluding tert-OH is 1. The number of hydrogen-bond donors (Lipinski definition) is 1. The molecule has 2 aromatic heterocycles. The summed E-state index contributed by atoms with van der Waals surface area (Å²) in [6.07, 6.45) is 3.21. The highest BCUT2D eigenvalue weighted by Crippen LogP contribution is 2.35. The van der Waals surface area contributed by atoms with Gasteiger partial charge in [0, 0.05) is 37.6 Å². The van der Waals surface area contributed by atoms with Crippen molar-refractivity contribution in [1.29, 1.82) is 0 Å². The van der Waals surface area contributed by atoms with Crippen LogP contribution in [0.4, 0.5) is 10.1 Å². The first kappa shape index (κ1) is 24.6. The third kappa shape index (κ3) is 5.10. The topological polar surface area (TPSA) is 91.9 Å². The molecule has 1 saturated heterocycles. The van der Waals surface area contributed by atoms with Crippen molar-refractivity contribution in [2.24, 2.45) is 0 Å². The largest absolute Gasteiger partial charge is 0.392 e. The van der Waals surface area contributed by atoms with Crippen LogP contribution in [0.15, 0.2) is 35.1 Å². The first-order valence-electron chi connectivity index (χ1n) is 11.6. The smallest absolute Gasteiger partial charge is 0.284 e. The Morgan fingerprint density at radius 2 is 1.94 bits per heavy atom. The van der Waals surface area contributed by atoms with Crippen molar-refractivity contribution in [2.45, 2.75) is 50.8 Å². The molecule has 4 rings (SSSR count). The quantitative estimate of drug-likeness (QED) is 0.514.